The van der Waals surface area contributed by atoms with Gasteiger partial charge in [-0.2, -0.15) is 0 Å². The van der Waals surface area contributed by atoms with Crippen LogP contribution in [0.15, 0.2) is 34.0 Å². The predicted octanol–water partition coefficient (Wildman–Crippen LogP) is 0.468. The maximum Gasteiger partial charge on any atom is 0.161 e. The fourth-order valence-corrected chi connectivity index (χ4v) is 0.947. The van der Waals surface area contributed by atoms with Crippen molar-refractivity contribution < 1.29 is 0 Å². The smallest absolute Gasteiger partial charge is 0.161 e. The summed E-state index contributed by atoms with van der Waals surface area (Å²) < 4.78 is 0. The van der Waals surface area contributed by atoms with Gasteiger partial charge in [0.2, 0.25) is 0 Å². The number of allylic oxidation sites excluding steroid dienone is 2. The number of nitrogens with zero attached hydrogens (tertiary/aromatic N) is 2. The van der Waals surface area contributed by atoms with Crippen LogP contribution >= 0.6 is 0 Å². The molecule has 0 saturated carbocycles. The number of hydrogen-bond donors (Lipinski definition) is 1. The van der Waals surface area contributed by atoms with Gasteiger partial charge in [-0.1, -0.05) is 0 Å². The Balaban J connectivity index is 2.34. The van der Waals surface area contributed by atoms with E-state index in [1.54, 1.807) is 12.4 Å². The number of aliphatic imine (C=N–C) groups is 2. The van der Waals surface area contributed by atoms with Gasteiger partial charge in [0.1, 0.15) is 0 Å². The van der Waals surface area contributed by atoms with Crippen LogP contribution in [0, 0.1) is 0 Å². The van der Waals surface area contributed by atoms with Crippen LogP contribution in [-0.2, 0) is 0 Å². The molecule has 2 heterocycles. The average Bonchev–Trinajstić information content (AvgIpc) is 2.05. The Bertz CT molecular complexity index is 248. The Morgan fingerprint density at radius 1 is 1.40 bits per heavy atom. The molecule has 50 valence electrons. The minimum absolute atomic E-state index is 0.0509. The van der Waals surface area contributed by atoms with Crippen LogP contribution in [0.5, 0.6) is 0 Å². The number of nitrogens with one attached hydrogen (secondary N) is 1. The molecule has 3 heteroatoms. The topological polar surface area (TPSA) is 36.8 Å². The molecule has 2 rings (SSSR count). The number of dihydropyridines is 1. The standard InChI is InChI=1S/C7H7N3/c1-2-6-7(9-3-1)10-5-4-8-6/h1-5,7,9H. The van der Waals surface area contributed by atoms with Gasteiger partial charge < -0.3 is 5.32 Å². The van der Waals surface area contributed by atoms with E-state index in [0.717, 1.165) is 5.70 Å². The van der Waals surface area contributed by atoms with Crippen molar-refractivity contribution in [2.75, 3.05) is 0 Å². The minimum atomic E-state index is 0.0509. The van der Waals surface area contributed by atoms with Gasteiger partial charge in [-0.25, -0.2) is 0 Å². The van der Waals surface area contributed by atoms with Crippen molar-refractivity contribution in [3.63, 3.8) is 0 Å². The highest BCUT2D eigenvalue weighted by Gasteiger charge is 2.12. The van der Waals surface area contributed by atoms with Crippen LogP contribution in [0.4, 0.5) is 0 Å². The minimum Gasteiger partial charge on any atom is -0.365 e. The summed E-state index contributed by atoms with van der Waals surface area (Å²) in [5.74, 6) is 0. The van der Waals surface area contributed by atoms with Gasteiger partial charge in [-0.15, -0.1) is 0 Å². The summed E-state index contributed by atoms with van der Waals surface area (Å²) >= 11 is 0. The summed E-state index contributed by atoms with van der Waals surface area (Å²) in [5, 5.41) is 3.06. The summed E-state index contributed by atoms with van der Waals surface area (Å²) in [6.45, 7) is 0. The van der Waals surface area contributed by atoms with Crippen LogP contribution in [0.1, 0.15) is 0 Å². The van der Waals surface area contributed by atoms with E-state index in [9.17, 15) is 0 Å². The van der Waals surface area contributed by atoms with E-state index in [1.807, 2.05) is 18.4 Å². The van der Waals surface area contributed by atoms with Gasteiger partial charge in [0.25, 0.3) is 0 Å². The molecule has 0 amide bonds. The highest BCUT2D eigenvalue weighted by molar-refractivity contribution is 6.17. The molecule has 0 aromatic rings. The quantitative estimate of drug-likeness (QED) is 0.512. The maximum atomic E-state index is 4.15. The summed E-state index contributed by atoms with van der Waals surface area (Å²) in [6.07, 6.45) is 9.19. The van der Waals surface area contributed by atoms with Crippen LogP contribution in [0.3, 0.4) is 0 Å². The molecule has 10 heavy (non-hydrogen) atoms. The van der Waals surface area contributed by atoms with E-state index >= 15 is 0 Å². The molecule has 0 saturated heterocycles. The van der Waals surface area contributed by atoms with Crippen molar-refractivity contribution in [2.45, 2.75) is 6.17 Å². The highest BCUT2D eigenvalue weighted by Crippen LogP contribution is 2.10. The first-order chi connectivity index (χ1) is 4.97. The zero-order valence-corrected chi connectivity index (χ0v) is 5.36. The first kappa shape index (κ1) is 5.41. The van der Waals surface area contributed by atoms with E-state index in [2.05, 4.69) is 15.3 Å². The number of rotatable bonds is 0. The molecule has 1 N–H and O–H groups in total. The first-order valence-corrected chi connectivity index (χ1v) is 3.15. The number of fused-ring (bicyclic) bond motifs is 1. The molecule has 2 aliphatic rings. The van der Waals surface area contributed by atoms with Crippen molar-refractivity contribution in [1.82, 2.24) is 5.32 Å². The Morgan fingerprint density at radius 3 is 3.30 bits per heavy atom. The van der Waals surface area contributed by atoms with Gasteiger partial charge in [0.15, 0.2) is 6.17 Å². The SMILES string of the molecule is C1=CNC2N=CC=NC2=C1. The van der Waals surface area contributed by atoms with Gasteiger partial charge in [-0.05, 0) is 18.4 Å². The second kappa shape index (κ2) is 2.10. The predicted molar refractivity (Wildman–Crippen MR) is 41.1 cm³/mol. The lowest BCUT2D eigenvalue weighted by Crippen LogP contribution is -2.27. The van der Waals surface area contributed by atoms with Crippen molar-refractivity contribution in [1.29, 1.82) is 0 Å². The van der Waals surface area contributed by atoms with Crippen molar-refractivity contribution in [3.05, 3.63) is 24.0 Å². The summed E-state index contributed by atoms with van der Waals surface area (Å²) in [5.41, 5.74) is 0.977. The van der Waals surface area contributed by atoms with Gasteiger partial charge >= 0.3 is 0 Å². The van der Waals surface area contributed by atoms with E-state index < -0.39 is 0 Å². The van der Waals surface area contributed by atoms with Crippen LogP contribution in [-0.4, -0.2) is 18.6 Å². The highest BCUT2D eigenvalue weighted by atomic mass is 15.1. The molecule has 0 fully saturated rings. The molecule has 0 aromatic carbocycles. The zero-order valence-electron chi connectivity index (χ0n) is 5.36. The molecule has 0 bridgehead atoms. The Labute approximate surface area is 58.9 Å². The molecule has 2 aliphatic heterocycles. The molecule has 1 unspecified atom stereocenters. The third kappa shape index (κ3) is 0.757. The second-order valence-electron chi connectivity index (χ2n) is 2.10. The fourth-order valence-electron chi connectivity index (χ4n) is 0.947. The number of hydrogen-bond acceptors (Lipinski definition) is 3. The van der Waals surface area contributed by atoms with Crippen LogP contribution in [0.25, 0.3) is 0 Å². The van der Waals surface area contributed by atoms with Crippen molar-refractivity contribution in [3.8, 4) is 0 Å². The molecule has 3 nitrogen and oxygen atoms in total. The Morgan fingerprint density at radius 2 is 2.40 bits per heavy atom. The van der Waals surface area contributed by atoms with Crippen molar-refractivity contribution >= 4 is 12.4 Å². The second-order valence-corrected chi connectivity index (χ2v) is 2.10. The maximum absolute atomic E-state index is 4.15. The molecule has 1 atom stereocenters. The third-order valence-corrected chi connectivity index (χ3v) is 1.42. The fraction of sp³-hybridized carbons (Fsp3) is 0.143. The zero-order chi connectivity index (χ0) is 6.81. The lowest BCUT2D eigenvalue weighted by Gasteiger charge is -2.17. The van der Waals surface area contributed by atoms with Gasteiger partial charge in [0.05, 0.1) is 5.70 Å². The van der Waals surface area contributed by atoms with E-state index in [4.69, 9.17) is 0 Å². The molecular weight excluding hydrogens is 126 g/mol. The average molecular weight is 133 g/mol. The Kier molecular flexibility index (Phi) is 1.13. The van der Waals surface area contributed by atoms with Crippen molar-refractivity contribution in [2.24, 2.45) is 9.98 Å². The summed E-state index contributed by atoms with van der Waals surface area (Å²) in [7, 11) is 0. The molecule has 0 aliphatic carbocycles. The van der Waals surface area contributed by atoms with Gasteiger partial charge in [-0.3, -0.25) is 9.98 Å². The Hall–Kier alpha value is -1.38. The third-order valence-electron chi connectivity index (χ3n) is 1.42. The lowest BCUT2D eigenvalue weighted by molar-refractivity contribution is 0.683. The normalized spacial score (nSPS) is 27.2. The van der Waals surface area contributed by atoms with E-state index in [1.165, 1.54) is 0 Å². The summed E-state index contributed by atoms with van der Waals surface area (Å²) in [4.78, 5) is 8.27. The van der Waals surface area contributed by atoms with E-state index in [-0.39, 0.29) is 6.17 Å². The largest absolute Gasteiger partial charge is 0.365 e. The molecule has 0 spiro atoms. The van der Waals surface area contributed by atoms with Gasteiger partial charge in [0, 0.05) is 12.4 Å². The lowest BCUT2D eigenvalue weighted by atomic mass is 10.2. The van der Waals surface area contributed by atoms with E-state index in [0.29, 0.717) is 0 Å². The monoisotopic (exact) mass is 133 g/mol. The molecule has 0 radical (unpaired) electrons. The molecular formula is C7H7N3. The van der Waals surface area contributed by atoms with Crippen LogP contribution < -0.4 is 5.32 Å². The molecule has 0 aromatic heterocycles. The van der Waals surface area contributed by atoms with Crippen LogP contribution in [0.2, 0.25) is 0 Å². The summed E-state index contributed by atoms with van der Waals surface area (Å²) in [6, 6.07) is 0. The first-order valence-electron chi connectivity index (χ1n) is 3.15.